The number of fused-ring (bicyclic) bond motifs is 2. The summed E-state index contributed by atoms with van der Waals surface area (Å²) in [6.07, 6.45) is 4.59. The van der Waals surface area contributed by atoms with Crippen LogP contribution in [0.2, 0.25) is 10.0 Å². The Labute approximate surface area is 131 Å². The summed E-state index contributed by atoms with van der Waals surface area (Å²) in [4.78, 5) is 23.8. The van der Waals surface area contributed by atoms with Gasteiger partial charge in [0.1, 0.15) is 0 Å². The van der Waals surface area contributed by atoms with E-state index < -0.39 is 17.8 Å². The van der Waals surface area contributed by atoms with Crippen LogP contribution in [0.15, 0.2) is 30.4 Å². The van der Waals surface area contributed by atoms with Gasteiger partial charge in [-0.2, -0.15) is 0 Å². The lowest BCUT2D eigenvalue weighted by atomic mass is 9.82. The van der Waals surface area contributed by atoms with Crippen molar-refractivity contribution >= 4 is 40.8 Å². The van der Waals surface area contributed by atoms with Gasteiger partial charge in [-0.15, -0.1) is 0 Å². The van der Waals surface area contributed by atoms with E-state index in [2.05, 4.69) is 5.32 Å². The fourth-order valence-corrected chi connectivity index (χ4v) is 3.61. The molecule has 0 aliphatic heterocycles. The number of aliphatic carboxylic acids is 1. The number of anilines is 1. The molecule has 0 radical (unpaired) electrons. The summed E-state index contributed by atoms with van der Waals surface area (Å²) in [5.41, 5.74) is 0.519. The van der Waals surface area contributed by atoms with Crippen LogP contribution in [0.3, 0.4) is 0 Å². The van der Waals surface area contributed by atoms with Crippen molar-refractivity contribution < 1.29 is 14.7 Å². The van der Waals surface area contributed by atoms with Gasteiger partial charge in [0.25, 0.3) is 0 Å². The number of nitrogens with one attached hydrogen (secondary N) is 1. The number of carbonyl (C=O) groups is 2. The van der Waals surface area contributed by atoms with Gasteiger partial charge in [-0.25, -0.2) is 0 Å². The number of hydrogen-bond donors (Lipinski definition) is 2. The standard InChI is InChI=1S/C15H13Cl2NO3/c16-10-4-3-9(6-11(10)17)18-14(19)12-7-1-2-8(5-7)13(12)15(20)21/h1-4,6-8,12-13H,5H2,(H,18,19)(H,20,21)/t7-,8+,12-,13+/m0/s1. The molecule has 1 saturated carbocycles. The molecule has 1 amide bonds. The zero-order valence-electron chi connectivity index (χ0n) is 10.9. The van der Waals surface area contributed by atoms with Crippen LogP contribution in [0.5, 0.6) is 0 Å². The summed E-state index contributed by atoms with van der Waals surface area (Å²) in [6, 6.07) is 4.79. The molecule has 0 heterocycles. The summed E-state index contributed by atoms with van der Waals surface area (Å²) < 4.78 is 0. The minimum absolute atomic E-state index is 0.00104. The number of benzene rings is 1. The lowest BCUT2D eigenvalue weighted by Gasteiger charge is -2.23. The maximum absolute atomic E-state index is 12.4. The number of allylic oxidation sites excluding steroid dienone is 2. The average molecular weight is 326 g/mol. The molecule has 1 aromatic carbocycles. The van der Waals surface area contributed by atoms with Gasteiger partial charge in [-0.05, 0) is 36.5 Å². The van der Waals surface area contributed by atoms with Crippen LogP contribution in [0.4, 0.5) is 5.69 Å². The van der Waals surface area contributed by atoms with Gasteiger partial charge < -0.3 is 10.4 Å². The molecule has 1 aromatic rings. The van der Waals surface area contributed by atoms with Crippen LogP contribution in [0.1, 0.15) is 6.42 Å². The van der Waals surface area contributed by atoms with Crippen molar-refractivity contribution in [2.24, 2.45) is 23.7 Å². The first-order valence-corrected chi connectivity index (χ1v) is 7.40. The molecule has 3 rings (SSSR count). The summed E-state index contributed by atoms with van der Waals surface area (Å²) in [7, 11) is 0. The fraction of sp³-hybridized carbons (Fsp3) is 0.333. The van der Waals surface area contributed by atoms with E-state index in [-0.39, 0.29) is 17.7 Å². The monoisotopic (exact) mass is 325 g/mol. The Balaban J connectivity index is 1.80. The highest BCUT2D eigenvalue weighted by Crippen LogP contribution is 2.48. The number of carboxylic acid groups (broad SMARTS) is 1. The average Bonchev–Trinajstić information content (AvgIpc) is 3.03. The van der Waals surface area contributed by atoms with Crippen LogP contribution in [0.25, 0.3) is 0 Å². The second-order valence-electron chi connectivity index (χ2n) is 5.46. The molecule has 110 valence electrons. The van der Waals surface area contributed by atoms with E-state index >= 15 is 0 Å². The maximum atomic E-state index is 12.4. The second-order valence-corrected chi connectivity index (χ2v) is 6.27. The van der Waals surface area contributed by atoms with Crippen LogP contribution in [-0.4, -0.2) is 17.0 Å². The molecular weight excluding hydrogens is 313 g/mol. The molecule has 0 aromatic heterocycles. The van der Waals surface area contributed by atoms with Gasteiger partial charge >= 0.3 is 5.97 Å². The van der Waals surface area contributed by atoms with E-state index in [1.54, 1.807) is 18.2 Å². The highest BCUT2D eigenvalue weighted by atomic mass is 35.5. The molecule has 21 heavy (non-hydrogen) atoms. The Morgan fingerprint density at radius 1 is 1.10 bits per heavy atom. The highest BCUT2D eigenvalue weighted by molar-refractivity contribution is 6.42. The first-order chi connectivity index (χ1) is 9.97. The number of carbonyl (C=O) groups excluding carboxylic acids is 1. The zero-order chi connectivity index (χ0) is 15.1. The number of amides is 1. The predicted molar refractivity (Wildman–Crippen MR) is 80.4 cm³/mol. The van der Waals surface area contributed by atoms with E-state index in [0.29, 0.717) is 15.7 Å². The first kappa shape index (κ1) is 14.4. The minimum atomic E-state index is -0.916. The summed E-state index contributed by atoms with van der Waals surface area (Å²) in [5.74, 6) is -2.43. The molecule has 6 heteroatoms. The van der Waals surface area contributed by atoms with Gasteiger partial charge in [0.15, 0.2) is 0 Å². The number of hydrogen-bond acceptors (Lipinski definition) is 2. The normalized spacial score (nSPS) is 29.6. The molecule has 0 saturated heterocycles. The first-order valence-electron chi connectivity index (χ1n) is 6.64. The minimum Gasteiger partial charge on any atom is -0.481 e. The molecule has 4 atom stereocenters. The van der Waals surface area contributed by atoms with E-state index in [4.69, 9.17) is 23.2 Å². The Morgan fingerprint density at radius 2 is 1.76 bits per heavy atom. The fourth-order valence-electron chi connectivity index (χ4n) is 3.32. The molecule has 0 unspecified atom stereocenters. The number of halogens is 2. The Bertz CT molecular complexity index is 644. The highest BCUT2D eigenvalue weighted by Gasteiger charge is 2.51. The van der Waals surface area contributed by atoms with Crippen molar-refractivity contribution in [3.05, 3.63) is 40.4 Å². The van der Waals surface area contributed by atoms with E-state index in [9.17, 15) is 14.7 Å². The van der Waals surface area contributed by atoms with Crippen molar-refractivity contribution in [2.45, 2.75) is 6.42 Å². The largest absolute Gasteiger partial charge is 0.481 e. The van der Waals surface area contributed by atoms with Crippen molar-refractivity contribution in [3.8, 4) is 0 Å². The molecule has 0 spiro atoms. The van der Waals surface area contributed by atoms with Crippen molar-refractivity contribution in [2.75, 3.05) is 5.32 Å². The third kappa shape index (κ3) is 2.54. The van der Waals surface area contributed by atoms with E-state index in [1.807, 2.05) is 12.2 Å². The van der Waals surface area contributed by atoms with Crippen molar-refractivity contribution in [1.29, 1.82) is 0 Å². The van der Waals surface area contributed by atoms with Gasteiger partial charge in [0.2, 0.25) is 5.91 Å². The molecule has 2 aliphatic carbocycles. The van der Waals surface area contributed by atoms with Gasteiger partial charge in [0, 0.05) is 5.69 Å². The maximum Gasteiger partial charge on any atom is 0.307 e. The molecule has 2 bridgehead atoms. The molecule has 2 aliphatic rings. The van der Waals surface area contributed by atoms with Crippen LogP contribution in [-0.2, 0) is 9.59 Å². The Hall–Kier alpha value is -1.52. The summed E-state index contributed by atoms with van der Waals surface area (Å²) in [6.45, 7) is 0. The third-order valence-electron chi connectivity index (χ3n) is 4.23. The van der Waals surface area contributed by atoms with E-state index in [1.165, 1.54) is 0 Å². The topological polar surface area (TPSA) is 66.4 Å². The van der Waals surface area contributed by atoms with Crippen LogP contribution >= 0.6 is 23.2 Å². The third-order valence-corrected chi connectivity index (χ3v) is 4.97. The quantitative estimate of drug-likeness (QED) is 0.836. The molecular formula is C15H13Cl2NO3. The number of rotatable bonds is 3. The molecule has 1 fully saturated rings. The lowest BCUT2D eigenvalue weighted by Crippen LogP contribution is -2.36. The predicted octanol–water partition coefficient (Wildman–Crippen LogP) is 3.45. The van der Waals surface area contributed by atoms with Crippen molar-refractivity contribution in [3.63, 3.8) is 0 Å². The summed E-state index contributed by atoms with van der Waals surface area (Å²) >= 11 is 11.7. The molecule has 4 nitrogen and oxygen atoms in total. The van der Waals surface area contributed by atoms with Crippen LogP contribution in [0, 0.1) is 23.7 Å². The lowest BCUT2D eigenvalue weighted by molar-refractivity contribution is -0.146. The second kappa shape index (κ2) is 5.35. The SMILES string of the molecule is O=C(Nc1ccc(Cl)c(Cl)c1)[C@@H]1[C@H](C(=O)O)[C@@H]2C=C[C@H]1C2. The Kier molecular flexibility index (Phi) is 3.68. The van der Waals surface area contributed by atoms with Gasteiger partial charge in [-0.3, -0.25) is 9.59 Å². The van der Waals surface area contributed by atoms with Gasteiger partial charge in [0.05, 0.1) is 21.9 Å². The van der Waals surface area contributed by atoms with E-state index in [0.717, 1.165) is 6.42 Å². The van der Waals surface area contributed by atoms with Crippen LogP contribution < -0.4 is 5.32 Å². The van der Waals surface area contributed by atoms with Crippen molar-refractivity contribution in [1.82, 2.24) is 0 Å². The molecule has 2 N–H and O–H groups in total. The number of carboxylic acids is 1. The Morgan fingerprint density at radius 3 is 2.38 bits per heavy atom. The zero-order valence-corrected chi connectivity index (χ0v) is 12.4. The van der Waals surface area contributed by atoms with Gasteiger partial charge in [-0.1, -0.05) is 35.4 Å². The smallest absolute Gasteiger partial charge is 0.307 e. The summed E-state index contributed by atoms with van der Waals surface area (Å²) in [5, 5.41) is 12.8.